The van der Waals surface area contributed by atoms with Crippen molar-refractivity contribution in [1.82, 2.24) is 58.2 Å². The molecule has 3 aromatic rings. The van der Waals surface area contributed by atoms with Gasteiger partial charge in [0.15, 0.2) is 0 Å². The van der Waals surface area contributed by atoms with Crippen molar-refractivity contribution in [2.24, 2.45) is 0 Å². The van der Waals surface area contributed by atoms with E-state index in [9.17, 15) is 102 Å². The molecule has 34 heteroatoms. The number of unbranched alkanes of at least 4 members (excludes halogenated alkanes) is 1. The Morgan fingerprint density at radius 2 is 0.864 bits per heavy atom. The van der Waals surface area contributed by atoms with Gasteiger partial charge in [0.2, 0.25) is 47.3 Å². The van der Waals surface area contributed by atoms with Crippen LogP contribution in [0.15, 0.2) is 54.7 Å². The minimum Gasteiger partial charge on any atom is -0.481 e. The van der Waals surface area contributed by atoms with E-state index in [2.05, 4.69) is 52.8 Å². The number of para-hydroxylation sites is 1. The van der Waals surface area contributed by atoms with E-state index in [1.165, 1.54) is 24.3 Å². The molecule has 0 saturated carbocycles. The molecule has 0 spiro atoms. The summed E-state index contributed by atoms with van der Waals surface area (Å²) in [5.41, 5.74) is 1.40. The second kappa shape index (κ2) is 36.2. The van der Waals surface area contributed by atoms with Crippen molar-refractivity contribution < 1.29 is 112 Å². The summed E-state index contributed by atoms with van der Waals surface area (Å²) in [6.07, 6.45) is -3.77. The SMILES string of the molecule is CC(=O)N[C@@H](CCC(=O)O)C(=O)N[C@@H](CCC(=O)O)C(=O)N[C@@H](CCC(=O)O)C(=O)NCC(=O)N[C@@H](Cc1ccc(C(=O)O)cc1)C(=O)NCC(=O)N[C@@H](Cc1c[nH]c2ccccc12)C(=O)NCCCC[C@H](NC(=O)N[C@@H](CCC(=O)O)C(=O)O)C(=O)O. The first-order valence-corrected chi connectivity index (χ1v) is 27.1. The lowest BCUT2D eigenvalue weighted by atomic mass is 10.0. The number of amides is 10. The van der Waals surface area contributed by atoms with E-state index >= 15 is 0 Å². The summed E-state index contributed by atoms with van der Waals surface area (Å²) in [7, 11) is 0. The normalized spacial score (nSPS) is 13.1. The van der Waals surface area contributed by atoms with Gasteiger partial charge >= 0.3 is 47.8 Å². The molecule has 0 radical (unpaired) electrons. The number of fused-ring (bicyclic) bond motifs is 1. The second-order valence-electron chi connectivity index (χ2n) is 19.7. The lowest BCUT2D eigenvalue weighted by Gasteiger charge is -2.25. The summed E-state index contributed by atoms with van der Waals surface area (Å²) < 4.78 is 0. The van der Waals surface area contributed by atoms with Gasteiger partial charge in [0.1, 0.15) is 42.3 Å². The molecule has 34 nitrogen and oxygen atoms in total. The molecular formula is C54H69N11O23. The van der Waals surface area contributed by atoms with Crippen molar-refractivity contribution in [3.05, 3.63) is 71.4 Å². The highest BCUT2D eigenvalue weighted by Crippen LogP contribution is 2.19. The molecule has 3 rings (SSSR count). The topological polar surface area (TPSA) is 551 Å². The van der Waals surface area contributed by atoms with Crippen LogP contribution in [0.4, 0.5) is 4.79 Å². The number of carbonyl (C=O) groups is 16. The lowest BCUT2D eigenvalue weighted by molar-refractivity contribution is -0.141. The lowest BCUT2D eigenvalue weighted by Crippen LogP contribution is -2.57. The summed E-state index contributed by atoms with van der Waals surface area (Å²) in [4.78, 5) is 202. The van der Waals surface area contributed by atoms with Crippen molar-refractivity contribution in [3.63, 3.8) is 0 Å². The Balaban J connectivity index is 1.77. The smallest absolute Gasteiger partial charge is 0.335 e. The van der Waals surface area contributed by atoms with Gasteiger partial charge < -0.3 is 93.9 Å². The number of carboxylic acid groups (broad SMARTS) is 7. The van der Waals surface area contributed by atoms with Gasteiger partial charge in [0.05, 0.1) is 18.7 Å². The van der Waals surface area contributed by atoms with E-state index in [4.69, 9.17) is 10.2 Å². The molecule has 2 aromatic carbocycles. The highest BCUT2D eigenvalue weighted by Gasteiger charge is 2.32. The van der Waals surface area contributed by atoms with Gasteiger partial charge in [-0.3, -0.25) is 57.5 Å². The van der Waals surface area contributed by atoms with Crippen LogP contribution in [-0.2, 0) is 80.0 Å². The van der Waals surface area contributed by atoms with Crippen LogP contribution in [0.1, 0.15) is 99.0 Å². The summed E-state index contributed by atoms with van der Waals surface area (Å²) in [6, 6.07) is -0.264. The fourth-order valence-corrected chi connectivity index (χ4v) is 8.38. The van der Waals surface area contributed by atoms with E-state index in [0.29, 0.717) is 16.5 Å². The van der Waals surface area contributed by atoms with Crippen LogP contribution in [-0.4, -0.2) is 198 Å². The third-order valence-corrected chi connectivity index (χ3v) is 12.9. The first-order chi connectivity index (χ1) is 41.5. The van der Waals surface area contributed by atoms with Gasteiger partial charge in [0, 0.05) is 69.1 Å². The molecule has 0 bridgehead atoms. The second-order valence-corrected chi connectivity index (χ2v) is 19.7. The monoisotopic (exact) mass is 1240 g/mol. The van der Waals surface area contributed by atoms with Crippen LogP contribution in [0, 0.1) is 0 Å². The zero-order chi connectivity index (χ0) is 65.6. The molecule has 1 heterocycles. The fraction of sp³-hybridized carbons (Fsp3) is 0.444. The van der Waals surface area contributed by atoms with Crippen LogP contribution in [0.2, 0.25) is 0 Å². The number of aromatic nitrogens is 1. The quantitative estimate of drug-likeness (QED) is 0.0257. The van der Waals surface area contributed by atoms with Crippen molar-refractivity contribution in [1.29, 1.82) is 0 Å². The first-order valence-electron chi connectivity index (χ1n) is 27.1. The third kappa shape index (κ3) is 26.5. The third-order valence-electron chi connectivity index (χ3n) is 12.9. The summed E-state index contributed by atoms with van der Waals surface area (Å²) in [5, 5.41) is 88.7. The molecule has 88 heavy (non-hydrogen) atoms. The summed E-state index contributed by atoms with van der Waals surface area (Å²) in [5.74, 6) is -17.9. The predicted octanol–water partition coefficient (Wildman–Crippen LogP) is -2.72. The molecule has 478 valence electrons. The summed E-state index contributed by atoms with van der Waals surface area (Å²) in [6.45, 7) is -0.859. The van der Waals surface area contributed by atoms with Gasteiger partial charge in [0.25, 0.3) is 0 Å². The van der Waals surface area contributed by atoms with Crippen molar-refractivity contribution in [3.8, 4) is 0 Å². The van der Waals surface area contributed by atoms with Gasteiger partial charge in [-0.2, -0.15) is 0 Å². The Morgan fingerprint density at radius 3 is 1.34 bits per heavy atom. The minimum absolute atomic E-state index is 0.0781. The highest BCUT2D eigenvalue weighted by molar-refractivity contribution is 5.97. The fourth-order valence-electron chi connectivity index (χ4n) is 8.38. The predicted molar refractivity (Wildman–Crippen MR) is 299 cm³/mol. The zero-order valence-corrected chi connectivity index (χ0v) is 47.2. The van der Waals surface area contributed by atoms with Gasteiger partial charge in [-0.1, -0.05) is 30.3 Å². The van der Waals surface area contributed by atoms with Gasteiger partial charge in [-0.15, -0.1) is 0 Å². The number of carbonyl (C=O) groups excluding carboxylic acids is 9. The van der Waals surface area contributed by atoms with Crippen LogP contribution >= 0.6 is 0 Å². The Kier molecular flexibility index (Phi) is 29.4. The summed E-state index contributed by atoms with van der Waals surface area (Å²) >= 11 is 0. The van der Waals surface area contributed by atoms with Crippen LogP contribution < -0.4 is 53.2 Å². The van der Waals surface area contributed by atoms with Crippen molar-refractivity contribution in [2.75, 3.05) is 19.6 Å². The van der Waals surface area contributed by atoms with Crippen molar-refractivity contribution >= 4 is 106 Å². The molecule has 0 aliphatic heterocycles. The number of H-pyrrole nitrogens is 1. The number of aliphatic carboxylic acids is 6. The molecule has 0 aliphatic carbocycles. The number of urea groups is 1. The molecule has 10 amide bonds. The maximum absolute atomic E-state index is 13.9. The molecule has 1 aromatic heterocycles. The van der Waals surface area contributed by atoms with E-state index < -0.39 is 202 Å². The zero-order valence-electron chi connectivity index (χ0n) is 47.2. The molecule has 0 saturated heterocycles. The van der Waals surface area contributed by atoms with Crippen molar-refractivity contribution in [2.45, 2.75) is 133 Å². The van der Waals surface area contributed by atoms with E-state index in [-0.39, 0.29) is 49.8 Å². The number of rotatable bonds is 40. The maximum Gasteiger partial charge on any atom is 0.335 e. The Morgan fingerprint density at radius 1 is 0.432 bits per heavy atom. The number of aromatic amines is 1. The van der Waals surface area contributed by atoms with Crippen LogP contribution in [0.3, 0.4) is 0 Å². The highest BCUT2D eigenvalue weighted by atomic mass is 16.4. The van der Waals surface area contributed by atoms with Crippen LogP contribution in [0.5, 0.6) is 0 Å². The number of hydrogen-bond acceptors (Lipinski definition) is 16. The first kappa shape index (κ1) is 71.6. The van der Waals surface area contributed by atoms with Crippen LogP contribution in [0.25, 0.3) is 10.9 Å². The molecule has 0 aliphatic rings. The van der Waals surface area contributed by atoms with E-state index in [0.717, 1.165) is 6.92 Å². The Labute approximate surface area is 499 Å². The average Bonchev–Trinajstić information content (AvgIpc) is 2.41. The number of nitrogens with one attached hydrogen (secondary N) is 11. The molecule has 0 unspecified atom stereocenters. The molecular weight excluding hydrogens is 1170 g/mol. The average molecular weight is 1240 g/mol. The van der Waals surface area contributed by atoms with Gasteiger partial charge in [-0.25, -0.2) is 19.2 Å². The Hall–Kier alpha value is -10.7. The molecule has 7 atom stereocenters. The largest absolute Gasteiger partial charge is 0.481 e. The number of benzene rings is 2. The Bertz CT molecular complexity index is 3060. The molecule has 18 N–H and O–H groups in total. The minimum atomic E-state index is -1.78. The standard InChI is InChI=1S/C54H69N11O23/c1-27(66)59-34(14-18-43(71)72)49(80)63-35(15-19-44(73)74)50(81)62-33(13-17-42(69)70)46(77)57-25-40(67)60-38(22-28-9-11-29(12-10-28)51(82)83)48(79)58-26-41(68)61-39(23-30-24-56-32-7-3-2-6-31(30)32)47(78)55-21-5-4-8-36(52(84)85)64-54(88)65-37(53(86)87)16-20-45(75)76/h2-3,6-7,9-12,24,33-39,56H,4-5,8,13-23,25-26H2,1H3,(H,55,78)(H,57,77)(H,58,79)(H,59,66)(H,60,67)(H,61,68)(H,62,81)(H,63,80)(H,69,70)(H,71,72)(H,73,74)(H,75,76)(H,82,83)(H,84,85)(H,86,87)(H2,64,65,88)/t33-,34-,35-,36-,37-,38-,39-/m0/s1. The van der Waals surface area contributed by atoms with Gasteiger partial charge in [-0.05, 0) is 74.3 Å². The van der Waals surface area contributed by atoms with E-state index in [1.54, 1.807) is 30.5 Å². The number of hydrogen-bond donors (Lipinski definition) is 18. The number of aromatic carboxylic acids is 1. The number of carboxylic acids is 7. The molecule has 0 fully saturated rings. The maximum atomic E-state index is 13.9. The van der Waals surface area contributed by atoms with E-state index in [1.807, 2.05) is 5.32 Å².